The molecule has 1 unspecified atom stereocenters. The van der Waals surface area contributed by atoms with E-state index in [2.05, 4.69) is 26.0 Å². The van der Waals surface area contributed by atoms with Gasteiger partial charge in [-0.25, -0.2) is 4.39 Å². The first kappa shape index (κ1) is 13.0. The number of hydrogen-bond acceptors (Lipinski definition) is 3. The lowest BCUT2D eigenvalue weighted by atomic mass is 10.2. The molecule has 16 heavy (non-hydrogen) atoms. The van der Waals surface area contributed by atoms with Crippen molar-refractivity contribution in [1.29, 1.82) is 0 Å². The number of anilines is 1. The minimum absolute atomic E-state index is 0.0748. The lowest BCUT2D eigenvalue weighted by molar-refractivity contribution is -0.140. The summed E-state index contributed by atoms with van der Waals surface area (Å²) < 4.78 is 18.0. The first-order valence-electron chi connectivity index (χ1n) is 4.81. The Hall–Kier alpha value is -1.10. The number of ether oxygens (including phenoxy) is 1. The Morgan fingerprint density at radius 2 is 2.31 bits per heavy atom. The fourth-order valence-corrected chi connectivity index (χ4v) is 1.72. The van der Waals surface area contributed by atoms with Gasteiger partial charge in [0, 0.05) is 16.2 Å². The average molecular weight is 290 g/mol. The van der Waals surface area contributed by atoms with Crippen LogP contribution in [0.1, 0.15) is 13.3 Å². The van der Waals surface area contributed by atoms with Gasteiger partial charge in [-0.2, -0.15) is 0 Å². The molecule has 0 spiro atoms. The molecular weight excluding hydrogens is 277 g/mol. The molecule has 0 fully saturated rings. The molecule has 0 heterocycles. The van der Waals surface area contributed by atoms with Crippen LogP contribution < -0.4 is 5.32 Å². The molecule has 0 saturated carbocycles. The van der Waals surface area contributed by atoms with Gasteiger partial charge >= 0.3 is 5.97 Å². The summed E-state index contributed by atoms with van der Waals surface area (Å²) in [6.07, 6.45) is 0.264. The van der Waals surface area contributed by atoms with E-state index in [4.69, 9.17) is 0 Å². The van der Waals surface area contributed by atoms with Crippen molar-refractivity contribution in [3.63, 3.8) is 0 Å². The van der Waals surface area contributed by atoms with Gasteiger partial charge in [0.05, 0.1) is 13.5 Å². The van der Waals surface area contributed by atoms with Gasteiger partial charge in [0.2, 0.25) is 0 Å². The molecule has 1 rings (SSSR count). The highest BCUT2D eigenvalue weighted by atomic mass is 79.9. The molecule has 0 bridgehead atoms. The third kappa shape index (κ3) is 3.81. The molecule has 0 aromatic heterocycles. The van der Waals surface area contributed by atoms with E-state index in [9.17, 15) is 9.18 Å². The highest BCUT2D eigenvalue weighted by molar-refractivity contribution is 9.10. The summed E-state index contributed by atoms with van der Waals surface area (Å²) in [6, 6.07) is 4.27. The van der Waals surface area contributed by atoms with Crippen molar-refractivity contribution in [2.45, 2.75) is 19.4 Å². The van der Waals surface area contributed by atoms with Crippen molar-refractivity contribution in [3.8, 4) is 0 Å². The summed E-state index contributed by atoms with van der Waals surface area (Å²) in [5.74, 6) is -0.587. The van der Waals surface area contributed by atoms with Crippen molar-refractivity contribution in [2.24, 2.45) is 0 Å². The molecule has 5 heteroatoms. The van der Waals surface area contributed by atoms with Gasteiger partial charge in [0.25, 0.3) is 0 Å². The van der Waals surface area contributed by atoms with Crippen molar-refractivity contribution >= 4 is 27.6 Å². The number of nitrogens with one attached hydrogen (secondary N) is 1. The van der Waals surface area contributed by atoms with Crippen LogP contribution in [0.5, 0.6) is 0 Å². The van der Waals surface area contributed by atoms with Crippen LogP contribution in [-0.4, -0.2) is 19.1 Å². The van der Waals surface area contributed by atoms with Crippen LogP contribution in [0, 0.1) is 5.82 Å². The van der Waals surface area contributed by atoms with E-state index >= 15 is 0 Å². The van der Waals surface area contributed by atoms with Crippen LogP contribution in [0.15, 0.2) is 22.7 Å². The molecule has 1 aromatic carbocycles. The van der Waals surface area contributed by atoms with Crippen molar-refractivity contribution in [2.75, 3.05) is 12.4 Å². The Morgan fingerprint density at radius 3 is 2.88 bits per heavy atom. The number of methoxy groups -OCH3 is 1. The van der Waals surface area contributed by atoms with Crippen LogP contribution in [0.4, 0.5) is 10.1 Å². The molecule has 0 saturated heterocycles. The van der Waals surface area contributed by atoms with Gasteiger partial charge in [-0.3, -0.25) is 4.79 Å². The quantitative estimate of drug-likeness (QED) is 0.866. The third-order valence-electron chi connectivity index (χ3n) is 2.03. The number of benzene rings is 1. The zero-order valence-corrected chi connectivity index (χ0v) is 10.7. The van der Waals surface area contributed by atoms with E-state index in [0.717, 1.165) is 5.69 Å². The fourth-order valence-electron chi connectivity index (χ4n) is 1.26. The summed E-state index contributed by atoms with van der Waals surface area (Å²) in [4.78, 5) is 11.0. The Morgan fingerprint density at radius 1 is 1.62 bits per heavy atom. The SMILES string of the molecule is COC(=O)CC(C)Nc1ccc(F)cc1Br. The second-order valence-electron chi connectivity index (χ2n) is 3.45. The lowest BCUT2D eigenvalue weighted by Crippen LogP contribution is -2.20. The van der Waals surface area contributed by atoms with Gasteiger partial charge in [0.1, 0.15) is 5.82 Å². The van der Waals surface area contributed by atoms with E-state index in [1.807, 2.05) is 6.92 Å². The van der Waals surface area contributed by atoms with Crippen molar-refractivity contribution < 1.29 is 13.9 Å². The maximum absolute atomic E-state index is 12.8. The van der Waals surface area contributed by atoms with E-state index < -0.39 is 0 Å². The molecular formula is C11H13BrFNO2. The maximum Gasteiger partial charge on any atom is 0.307 e. The minimum Gasteiger partial charge on any atom is -0.469 e. The lowest BCUT2D eigenvalue weighted by Gasteiger charge is -2.15. The van der Waals surface area contributed by atoms with Crippen LogP contribution >= 0.6 is 15.9 Å². The summed E-state index contributed by atoms with van der Waals surface area (Å²) in [6.45, 7) is 1.85. The minimum atomic E-state index is -0.307. The van der Waals surface area contributed by atoms with Gasteiger partial charge < -0.3 is 10.1 Å². The molecule has 0 aliphatic heterocycles. The summed E-state index contributed by atoms with van der Waals surface area (Å²) in [5.41, 5.74) is 0.748. The van der Waals surface area contributed by atoms with Crippen LogP contribution in [-0.2, 0) is 9.53 Å². The van der Waals surface area contributed by atoms with Crippen LogP contribution in [0.3, 0.4) is 0 Å². The van der Waals surface area contributed by atoms with E-state index in [1.54, 1.807) is 6.07 Å². The van der Waals surface area contributed by atoms with E-state index in [1.165, 1.54) is 19.2 Å². The average Bonchev–Trinajstić information content (AvgIpc) is 2.22. The maximum atomic E-state index is 12.8. The summed E-state index contributed by atoms with van der Waals surface area (Å²) >= 11 is 3.24. The molecule has 88 valence electrons. The molecule has 1 aromatic rings. The molecule has 1 N–H and O–H groups in total. The standard InChI is InChI=1S/C11H13BrFNO2/c1-7(5-11(15)16-2)14-10-4-3-8(13)6-9(10)12/h3-4,6-7,14H,5H2,1-2H3. The predicted molar refractivity (Wildman–Crippen MR) is 63.8 cm³/mol. The van der Waals surface area contributed by atoms with Gasteiger partial charge in [-0.1, -0.05) is 0 Å². The van der Waals surface area contributed by atoms with Crippen molar-refractivity contribution in [1.82, 2.24) is 0 Å². The second-order valence-corrected chi connectivity index (χ2v) is 4.30. The molecule has 0 amide bonds. The zero-order chi connectivity index (χ0) is 12.1. The first-order chi connectivity index (χ1) is 7.52. The second kappa shape index (κ2) is 5.84. The first-order valence-corrected chi connectivity index (χ1v) is 5.60. The van der Waals surface area contributed by atoms with Gasteiger partial charge in [-0.15, -0.1) is 0 Å². The molecule has 3 nitrogen and oxygen atoms in total. The number of halogens is 2. The topological polar surface area (TPSA) is 38.3 Å². The molecule has 0 radical (unpaired) electrons. The monoisotopic (exact) mass is 289 g/mol. The van der Waals surface area contributed by atoms with Crippen molar-refractivity contribution in [3.05, 3.63) is 28.5 Å². The summed E-state index contributed by atoms with van der Waals surface area (Å²) in [5, 5.41) is 3.09. The number of rotatable bonds is 4. The van der Waals surface area contributed by atoms with Crippen LogP contribution in [0.2, 0.25) is 0 Å². The molecule has 0 aliphatic carbocycles. The van der Waals surface area contributed by atoms with Crippen LogP contribution in [0.25, 0.3) is 0 Å². The Labute approximate surface area is 102 Å². The zero-order valence-electron chi connectivity index (χ0n) is 9.09. The number of hydrogen-bond donors (Lipinski definition) is 1. The Kier molecular flexibility index (Phi) is 4.73. The predicted octanol–water partition coefficient (Wildman–Crippen LogP) is 2.95. The molecule has 1 atom stereocenters. The summed E-state index contributed by atoms with van der Waals surface area (Å²) in [7, 11) is 1.35. The largest absolute Gasteiger partial charge is 0.469 e. The normalized spacial score (nSPS) is 12.0. The van der Waals surface area contributed by atoms with Gasteiger partial charge in [0.15, 0.2) is 0 Å². The highest BCUT2D eigenvalue weighted by Gasteiger charge is 2.10. The van der Waals surface area contributed by atoms with E-state index in [-0.39, 0.29) is 24.2 Å². The van der Waals surface area contributed by atoms with Gasteiger partial charge in [-0.05, 0) is 41.1 Å². The molecule has 0 aliphatic rings. The smallest absolute Gasteiger partial charge is 0.307 e. The number of carbonyl (C=O) groups excluding carboxylic acids is 1. The number of esters is 1. The Balaban J connectivity index is 2.62. The third-order valence-corrected chi connectivity index (χ3v) is 2.69. The highest BCUT2D eigenvalue weighted by Crippen LogP contribution is 2.24. The fraction of sp³-hybridized carbons (Fsp3) is 0.364. The van der Waals surface area contributed by atoms with E-state index in [0.29, 0.717) is 4.47 Å². The number of carbonyl (C=O) groups is 1. The Bertz CT molecular complexity index is 384.